The molecule has 0 spiro atoms. The van der Waals surface area contributed by atoms with E-state index in [2.05, 4.69) is 15.5 Å². The molecule has 1 aliphatic heterocycles. The van der Waals surface area contributed by atoms with E-state index >= 15 is 0 Å². The Kier molecular flexibility index (Phi) is 6.55. The Balaban J connectivity index is 1.68. The molecular formula is C19H15F2N3O4S. The van der Waals surface area contributed by atoms with E-state index < -0.39 is 34.5 Å². The van der Waals surface area contributed by atoms with Gasteiger partial charge in [0.25, 0.3) is 0 Å². The van der Waals surface area contributed by atoms with Crippen molar-refractivity contribution in [1.82, 2.24) is 5.32 Å². The monoisotopic (exact) mass is 419 g/mol. The number of hydrogen-bond acceptors (Lipinski definition) is 6. The maximum absolute atomic E-state index is 13.7. The largest absolute Gasteiger partial charge is 0.483 e. The summed E-state index contributed by atoms with van der Waals surface area (Å²) in [5.41, 5.74) is 1.22. The average Bonchev–Trinajstić information content (AvgIpc) is 3.01. The van der Waals surface area contributed by atoms with Gasteiger partial charge in [-0.1, -0.05) is 42.1 Å². The number of carbonyl (C=O) groups is 2. The number of nitrogens with one attached hydrogen (secondary N) is 1. The molecule has 7 nitrogen and oxygen atoms in total. The second-order valence-corrected chi connectivity index (χ2v) is 7.07. The minimum Gasteiger partial charge on any atom is -0.483 e. The van der Waals surface area contributed by atoms with Gasteiger partial charge in [-0.15, -0.1) is 5.10 Å². The summed E-state index contributed by atoms with van der Waals surface area (Å²) in [5, 5.41) is 18.5. The molecule has 10 heteroatoms. The van der Waals surface area contributed by atoms with Crippen molar-refractivity contribution in [2.24, 2.45) is 10.2 Å². The van der Waals surface area contributed by atoms with E-state index in [4.69, 9.17) is 9.84 Å². The normalized spacial score (nSPS) is 17.7. The maximum Gasteiger partial charge on any atom is 0.305 e. The fourth-order valence-electron chi connectivity index (χ4n) is 2.45. The Morgan fingerprint density at radius 1 is 1.21 bits per heavy atom. The summed E-state index contributed by atoms with van der Waals surface area (Å²) < 4.78 is 32.7. The number of amidine groups is 1. The van der Waals surface area contributed by atoms with Gasteiger partial charge in [-0.2, -0.15) is 5.10 Å². The van der Waals surface area contributed by atoms with Gasteiger partial charge >= 0.3 is 5.97 Å². The zero-order valence-corrected chi connectivity index (χ0v) is 15.7. The van der Waals surface area contributed by atoms with Gasteiger partial charge in [-0.25, -0.2) is 8.78 Å². The predicted molar refractivity (Wildman–Crippen MR) is 104 cm³/mol. The van der Waals surface area contributed by atoms with E-state index in [1.54, 1.807) is 24.3 Å². The Labute approximate surface area is 168 Å². The average molecular weight is 419 g/mol. The van der Waals surface area contributed by atoms with E-state index in [-0.39, 0.29) is 18.2 Å². The maximum atomic E-state index is 13.7. The summed E-state index contributed by atoms with van der Waals surface area (Å²) in [6.45, 7) is -0.0945. The molecule has 1 heterocycles. The van der Waals surface area contributed by atoms with Gasteiger partial charge < -0.3 is 15.2 Å². The Bertz CT molecular complexity index is 977. The number of ether oxygens (including phenoxy) is 1. The van der Waals surface area contributed by atoms with Crippen LogP contribution in [0.15, 0.2) is 52.7 Å². The van der Waals surface area contributed by atoms with Crippen molar-refractivity contribution in [1.29, 1.82) is 0 Å². The van der Waals surface area contributed by atoms with Crippen LogP contribution in [0.4, 0.5) is 8.78 Å². The third-order valence-corrected chi connectivity index (χ3v) is 4.90. The summed E-state index contributed by atoms with van der Waals surface area (Å²) in [5.74, 6) is -3.58. The number of amides is 1. The quantitative estimate of drug-likeness (QED) is 0.531. The highest BCUT2D eigenvalue weighted by Gasteiger charge is 2.32. The highest BCUT2D eigenvalue weighted by Crippen LogP contribution is 2.23. The summed E-state index contributed by atoms with van der Waals surface area (Å²) in [4.78, 5) is 22.4. The number of rotatable bonds is 7. The molecule has 3 rings (SSSR count). The van der Waals surface area contributed by atoms with Crippen LogP contribution in [0.1, 0.15) is 17.5 Å². The number of hydrogen-bond donors (Lipinski definition) is 2. The van der Waals surface area contributed by atoms with Gasteiger partial charge in [-0.05, 0) is 17.7 Å². The summed E-state index contributed by atoms with van der Waals surface area (Å²) in [6, 6.07) is 10.4. The third kappa shape index (κ3) is 5.38. The van der Waals surface area contributed by atoms with E-state index in [1.807, 2.05) is 0 Å². The topological polar surface area (TPSA) is 100 Å². The lowest BCUT2D eigenvalue weighted by Gasteiger charge is -2.10. The fraction of sp³-hybridized carbons (Fsp3) is 0.158. The first-order chi connectivity index (χ1) is 13.9. The van der Waals surface area contributed by atoms with Crippen LogP contribution in [-0.2, 0) is 16.2 Å². The molecule has 1 unspecified atom stereocenters. The van der Waals surface area contributed by atoms with E-state index in [0.29, 0.717) is 11.1 Å². The number of carboxylic acids is 1. The van der Waals surface area contributed by atoms with Crippen LogP contribution in [-0.4, -0.2) is 33.6 Å². The molecule has 150 valence electrons. The van der Waals surface area contributed by atoms with Gasteiger partial charge in [0, 0.05) is 5.56 Å². The molecule has 1 fully saturated rings. The molecule has 0 saturated carbocycles. The van der Waals surface area contributed by atoms with Crippen LogP contribution < -0.4 is 10.1 Å². The zero-order valence-electron chi connectivity index (χ0n) is 14.8. The molecule has 29 heavy (non-hydrogen) atoms. The summed E-state index contributed by atoms with van der Waals surface area (Å²) >= 11 is 0.984. The van der Waals surface area contributed by atoms with Gasteiger partial charge in [-0.3, -0.25) is 9.59 Å². The van der Waals surface area contributed by atoms with Crippen molar-refractivity contribution in [3.8, 4) is 5.75 Å². The molecule has 1 amide bonds. The lowest BCUT2D eigenvalue weighted by atomic mass is 10.1. The van der Waals surface area contributed by atoms with Crippen LogP contribution in [0.25, 0.3) is 0 Å². The number of para-hydroxylation sites is 1. The Hall–Kier alpha value is -3.27. The number of benzene rings is 2. The van der Waals surface area contributed by atoms with Gasteiger partial charge in [0.1, 0.15) is 11.9 Å². The van der Waals surface area contributed by atoms with Crippen molar-refractivity contribution in [2.75, 3.05) is 0 Å². The predicted octanol–water partition coefficient (Wildman–Crippen LogP) is 2.94. The first-order valence-corrected chi connectivity index (χ1v) is 9.27. The number of carboxylic acid groups (broad SMARTS) is 1. The molecule has 0 aliphatic carbocycles. The Morgan fingerprint density at radius 3 is 2.66 bits per heavy atom. The number of nitrogens with zero attached hydrogens (tertiary/aromatic N) is 2. The third-order valence-electron chi connectivity index (χ3n) is 3.83. The molecular weight excluding hydrogens is 404 g/mol. The number of carbonyl (C=O) groups excluding carboxylic acids is 1. The number of thioether (sulfide) groups is 1. The first kappa shape index (κ1) is 20.5. The van der Waals surface area contributed by atoms with E-state index in [1.165, 1.54) is 12.3 Å². The fourth-order valence-corrected chi connectivity index (χ4v) is 3.37. The van der Waals surface area contributed by atoms with Crippen molar-refractivity contribution < 1.29 is 28.2 Å². The van der Waals surface area contributed by atoms with Crippen LogP contribution in [0.3, 0.4) is 0 Å². The zero-order chi connectivity index (χ0) is 20.8. The molecule has 2 N–H and O–H groups in total. The lowest BCUT2D eigenvalue weighted by molar-refractivity contribution is -0.138. The minimum atomic E-state index is -1.08. The van der Waals surface area contributed by atoms with Gasteiger partial charge in [0.2, 0.25) is 5.91 Å². The van der Waals surface area contributed by atoms with Crippen LogP contribution in [0.2, 0.25) is 0 Å². The van der Waals surface area contributed by atoms with Crippen molar-refractivity contribution >= 4 is 35.0 Å². The number of halogens is 2. The van der Waals surface area contributed by atoms with Crippen molar-refractivity contribution in [3.63, 3.8) is 0 Å². The minimum absolute atomic E-state index is 0.0945. The first-order valence-electron chi connectivity index (χ1n) is 8.39. The van der Waals surface area contributed by atoms with Gasteiger partial charge in [0.15, 0.2) is 22.6 Å². The molecule has 1 atom stereocenters. The Morgan fingerprint density at radius 2 is 1.93 bits per heavy atom. The molecule has 1 aliphatic rings. The second-order valence-electron chi connectivity index (χ2n) is 5.88. The van der Waals surface area contributed by atoms with E-state index in [0.717, 1.165) is 23.9 Å². The summed E-state index contributed by atoms with van der Waals surface area (Å²) in [6.07, 6.45) is 1.09. The van der Waals surface area contributed by atoms with E-state index in [9.17, 15) is 18.4 Å². The lowest BCUT2D eigenvalue weighted by Crippen LogP contribution is -2.26. The molecule has 0 radical (unpaired) electrons. The SMILES string of the molecule is O=C(O)CC1SC(=NN=Cc2ccccc2COc2c(F)cccc2F)NC1=O. The van der Waals surface area contributed by atoms with Crippen molar-refractivity contribution in [3.05, 3.63) is 65.2 Å². The van der Waals surface area contributed by atoms with Crippen LogP contribution >= 0.6 is 11.8 Å². The van der Waals surface area contributed by atoms with Crippen molar-refractivity contribution in [2.45, 2.75) is 18.3 Å². The molecule has 1 saturated heterocycles. The van der Waals surface area contributed by atoms with Crippen LogP contribution in [0, 0.1) is 11.6 Å². The second kappa shape index (κ2) is 9.28. The molecule has 0 bridgehead atoms. The van der Waals surface area contributed by atoms with Gasteiger partial charge in [0.05, 0.1) is 12.6 Å². The molecule has 2 aromatic rings. The molecule has 0 aromatic heterocycles. The number of aliphatic carboxylic acids is 1. The smallest absolute Gasteiger partial charge is 0.305 e. The summed E-state index contributed by atoms with van der Waals surface area (Å²) in [7, 11) is 0. The van der Waals surface area contributed by atoms with Crippen LogP contribution in [0.5, 0.6) is 5.75 Å². The highest BCUT2D eigenvalue weighted by atomic mass is 32.2. The highest BCUT2D eigenvalue weighted by molar-refractivity contribution is 8.15. The molecule has 2 aromatic carbocycles. The standard InChI is InChI=1S/C19H15F2N3O4S/c20-13-6-3-7-14(21)17(13)28-10-12-5-2-1-4-11(12)9-22-24-19-23-18(27)15(29-19)8-16(25)26/h1-7,9,15H,8,10H2,(H,25,26)(H,23,24,27).